The van der Waals surface area contributed by atoms with Crippen molar-refractivity contribution in [2.24, 2.45) is 0 Å². The van der Waals surface area contributed by atoms with E-state index < -0.39 is 16.8 Å². The molecule has 0 aromatic heterocycles. The normalized spacial score (nSPS) is 10.0. The number of carbonyl (C=O) groups excluding carboxylic acids is 2. The summed E-state index contributed by atoms with van der Waals surface area (Å²) < 4.78 is 4.62. The van der Waals surface area contributed by atoms with Gasteiger partial charge in [0, 0.05) is 30.8 Å². The van der Waals surface area contributed by atoms with Crippen LogP contribution in [0.5, 0.6) is 0 Å². The maximum atomic E-state index is 13.0. The fourth-order valence-electron chi connectivity index (χ4n) is 2.69. The third kappa shape index (κ3) is 4.92. The summed E-state index contributed by atoms with van der Waals surface area (Å²) in [5.41, 5.74) is 0.950. The van der Waals surface area contributed by atoms with Crippen LogP contribution in [0.25, 0.3) is 0 Å². The Morgan fingerprint density at radius 2 is 1.82 bits per heavy atom. The number of hydrogen-bond acceptors (Lipinski definition) is 6. The number of rotatable bonds is 7. The van der Waals surface area contributed by atoms with E-state index in [-0.39, 0.29) is 23.4 Å². The molecule has 144 valence electrons. The van der Waals surface area contributed by atoms with Crippen LogP contribution in [0.4, 0.5) is 5.69 Å². The molecule has 0 heterocycles. The number of hydrogen-bond donors (Lipinski definition) is 0. The third-order valence-electron chi connectivity index (χ3n) is 4.03. The van der Waals surface area contributed by atoms with Crippen LogP contribution in [0.1, 0.15) is 45.2 Å². The van der Waals surface area contributed by atoms with Gasteiger partial charge in [0.2, 0.25) is 0 Å². The highest BCUT2D eigenvalue weighted by Crippen LogP contribution is 2.20. The molecule has 8 nitrogen and oxygen atoms in total. The average molecular weight is 381 g/mol. The lowest BCUT2D eigenvalue weighted by atomic mass is 10.1. The molecule has 0 aliphatic rings. The van der Waals surface area contributed by atoms with Crippen molar-refractivity contribution in [3.05, 3.63) is 74.8 Å². The summed E-state index contributed by atoms with van der Waals surface area (Å²) in [6, 6.07) is 12.4. The molecule has 0 N–H and O–H groups in total. The summed E-state index contributed by atoms with van der Waals surface area (Å²) in [5, 5.41) is 20.1. The van der Waals surface area contributed by atoms with E-state index >= 15 is 0 Å². The zero-order valence-corrected chi connectivity index (χ0v) is 15.5. The van der Waals surface area contributed by atoms with Crippen molar-refractivity contribution in [1.29, 1.82) is 5.26 Å². The van der Waals surface area contributed by atoms with Gasteiger partial charge in [-0.15, -0.1) is 0 Å². The highest BCUT2D eigenvalue weighted by Gasteiger charge is 2.22. The first-order valence-electron chi connectivity index (χ1n) is 8.55. The van der Waals surface area contributed by atoms with E-state index in [1.54, 1.807) is 29.2 Å². The first-order valence-corrected chi connectivity index (χ1v) is 8.55. The molecule has 0 bridgehead atoms. The number of ether oxygens (including phenoxy) is 1. The Kier molecular flexibility index (Phi) is 6.82. The van der Waals surface area contributed by atoms with Gasteiger partial charge in [-0.25, -0.2) is 4.79 Å². The molecule has 2 aromatic carbocycles. The average Bonchev–Trinajstić information content (AvgIpc) is 2.72. The quantitative estimate of drug-likeness (QED) is 0.413. The van der Waals surface area contributed by atoms with Crippen molar-refractivity contribution in [1.82, 2.24) is 4.90 Å². The molecule has 28 heavy (non-hydrogen) atoms. The van der Waals surface area contributed by atoms with Crippen LogP contribution in [0.3, 0.4) is 0 Å². The summed E-state index contributed by atoms with van der Waals surface area (Å²) in [4.78, 5) is 36.9. The van der Waals surface area contributed by atoms with Gasteiger partial charge < -0.3 is 9.64 Å². The number of amides is 1. The van der Waals surface area contributed by atoms with Crippen LogP contribution < -0.4 is 0 Å². The van der Waals surface area contributed by atoms with Crippen LogP contribution in [0.15, 0.2) is 42.5 Å². The second-order valence-corrected chi connectivity index (χ2v) is 6.05. The predicted octanol–water partition coefficient (Wildman–Crippen LogP) is 3.31. The van der Waals surface area contributed by atoms with Crippen molar-refractivity contribution in [3.63, 3.8) is 0 Å². The Labute approximate surface area is 162 Å². The lowest BCUT2D eigenvalue weighted by molar-refractivity contribution is -0.384. The molecule has 0 unspecified atom stereocenters. The largest absolute Gasteiger partial charge is 0.465 e. The van der Waals surface area contributed by atoms with Gasteiger partial charge in [-0.3, -0.25) is 14.9 Å². The molecule has 0 aliphatic carbocycles. The zero-order valence-electron chi connectivity index (χ0n) is 15.5. The Morgan fingerprint density at radius 1 is 1.18 bits per heavy atom. The van der Waals surface area contributed by atoms with E-state index in [2.05, 4.69) is 4.74 Å². The standard InChI is InChI=1S/C20H19N3O5/c1-3-8-22(13-15-6-4-14(12-21)5-7-15)19(24)16-9-17(20(25)28-2)11-18(10-16)23(26)27/h4-7,9-11H,3,8,13H2,1-2H3. The van der Waals surface area contributed by atoms with Crippen molar-refractivity contribution >= 4 is 17.6 Å². The molecule has 2 rings (SSSR count). The number of methoxy groups -OCH3 is 1. The van der Waals surface area contributed by atoms with Crippen molar-refractivity contribution < 1.29 is 19.2 Å². The van der Waals surface area contributed by atoms with Crippen LogP contribution in [-0.4, -0.2) is 35.4 Å². The smallest absolute Gasteiger partial charge is 0.338 e. The van der Waals surface area contributed by atoms with Gasteiger partial charge in [-0.1, -0.05) is 19.1 Å². The van der Waals surface area contributed by atoms with Gasteiger partial charge in [0.15, 0.2) is 0 Å². The maximum Gasteiger partial charge on any atom is 0.338 e. The number of esters is 1. The minimum atomic E-state index is -0.758. The fourth-order valence-corrected chi connectivity index (χ4v) is 2.69. The Bertz CT molecular complexity index is 932. The summed E-state index contributed by atoms with van der Waals surface area (Å²) >= 11 is 0. The van der Waals surface area contributed by atoms with E-state index in [1.165, 1.54) is 6.07 Å². The summed E-state index contributed by atoms with van der Waals surface area (Å²) in [6.45, 7) is 2.61. The summed E-state index contributed by atoms with van der Waals surface area (Å²) in [5.74, 6) is -1.19. The first-order chi connectivity index (χ1) is 13.4. The second-order valence-electron chi connectivity index (χ2n) is 6.05. The van der Waals surface area contributed by atoms with Crippen LogP contribution in [0.2, 0.25) is 0 Å². The topological polar surface area (TPSA) is 114 Å². The van der Waals surface area contributed by atoms with E-state index in [0.29, 0.717) is 18.5 Å². The Balaban J connectivity index is 2.37. The van der Waals surface area contributed by atoms with Gasteiger partial charge in [-0.05, 0) is 30.2 Å². The lowest BCUT2D eigenvalue weighted by Crippen LogP contribution is -2.31. The molecule has 0 saturated carbocycles. The molecule has 0 fully saturated rings. The highest BCUT2D eigenvalue weighted by molar-refractivity contribution is 5.99. The highest BCUT2D eigenvalue weighted by atomic mass is 16.6. The molecule has 0 saturated heterocycles. The Hall–Kier alpha value is -3.73. The molecular formula is C20H19N3O5. The van der Waals surface area contributed by atoms with Crippen molar-refractivity contribution in [2.75, 3.05) is 13.7 Å². The van der Waals surface area contributed by atoms with E-state index in [0.717, 1.165) is 24.8 Å². The van der Waals surface area contributed by atoms with Gasteiger partial charge in [0.1, 0.15) is 0 Å². The van der Waals surface area contributed by atoms with E-state index in [1.807, 2.05) is 13.0 Å². The van der Waals surface area contributed by atoms with E-state index in [4.69, 9.17) is 5.26 Å². The van der Waals surface area contributed by atoms with E-state index in [9.17, 15) is 19.7 Å². The van der Waals surface area contributed by atoms with Gasteiger partial charge in [-0.2, -0.15) is 5.26 Å². The third-order valence-corrected chi connectivity index (χ3v) is 4.03. The molecule has 0 aliphatic heterocycles. The monoisotopic (exact) mass is 381 g/mol. The fraction of sp³-hybridized carbons (Fsp3) is 0.250. The number of nitriles is 1. The summed E-state index contributed by atoms with van der Waals surface area (Å²) in [6.07, 6.45) is 0.681. The first kappa shape index (κ1) is 20.6. The molecule has 2 aromatic rings. The number of nitrogens with zero attached hydrogens (tertiary/aromatic N) is 3. The minimum absolute atomic E-state index is 0.0386. The number of benzene rings is 2. The van der Waals surface area contributed by atoms with Gasteiger partial charge in [0.25, 0.3) is 11.6 Å². The van der Waals surface area contributed by atoms with Crippen LogP contribution >= 0.6 is 0 Å². The molecule has 0 spiro atoms. The molecule has 0 radical (unpaired) electrons. The maximum absolute atomic E-state index is 13.0. The number of nitro benzene ring substituents is 1. The zero-order chi connectivity index (χ0) is 20.7. The number of non-ortho nitro benzene ring substituents is 1. The molecule has 8 heteroatoms. The number of nitro groups is 1. The van der Waals surface area contributed by atoms with Gasteiger partial charge >= 0.3 is 5.97 Å². The number of carbonyl (C=O) groups is 2. The molecule has 1 amide bonds. The van der Waals surface area contributed by atoms with Crippen molar-refractivity contribution in [2.45, 2.75) is 19.9 Å². The second kappa shape index (κ2) is 9.28. The lowest BCUT2D eigenvalue weighted by Gasteiger charge is -2.22. The molecule has 0 atom stereocenters. The van der Waals surface area contributed by atoms with Gasteiger partial charge in [0.05, 0.1) is 29.2 Å². The molecular weight excluding hydrogens is 362 g/mol. The minimum Gasteiger partial charge on any atom is -0.465 e. The Morgan fingerprint density at radius 3 is 2.36 bits per heavy atom. The van der Waals surface area contributed by atoms with Crippen molar-refractivity contribution in [3.8, 4) is 6.07 Å². The predicted molar refractivity (Wildman–Crippen MR) is 101 cm³/mol. The van der Waals surface area contributed by atoms with Crippen LogP contribution in [0, 0.1) is 21.4 Å². The SMILES string of the molecule is CCCN(Cc1ccc(C#N)cc1)C(=O)c1cc(C(=O)OC)cc([N+](=O)[O-])c1. The van der Waals surface area contributed by atoms with Crippen LogP contribution in [-0.2, 0) is 11.3 Å². The summed E-state index contributed by atoms with van der Waals surface area (Å²) in [7, 11) is 1.16.